The first-order chi connectivity index (χ1) is 18.0. The van der Waals surface area contributed by atoms with E-state index in [-0.39, 0.29) is 5.69 Å². The van der Waals surface area contributed by atoms with Crippen LogP contribution < -0.4 is 5.69 Å². The van der Waals surface area contributed by atoms with Gasteiger partial charge in [-0.15, -0.1) is 10.2 Å². The molecule has 0 aliphatic carbocycles. The van der Waals surface area contributed by atoms with Crippen molar-refractivity contribution in [2.75, 3.05) is 0 Å². The molecule has 1 N–H and O–H groups in total. The number of nitrogens with one attached hydrogen (secondary N) is 1. The average molecular weight is 494 g/mol. The van der Waals surface area contributed by atoms with Gasteiger partial charge in [0.2, 0.25) is 5.82 Å². The molecule has 0 aliphatic heterocycles. The number of aromatic nitrogens is 7. The molecule has 0 unspecified atom stereocenters. The van der Waals surface area contributed by atoms with Crippen molar-refractivity contribution in [1.29, 1.82) is 0 Å². The molecule has 0 amide bonds. The molecule has 0 radical (unpaired) electrons. The maximum Gasteiger partial charge on any atom is 0.333 e. The highest BCUT2D eigenvalue weighted by Gasteiger charge is 2.17. The van der Waals surface area contributed by atoms with Crippen molar-refractivity contribution in [3.05, 3.63) is 99.4 Å². The lowest BCUT2D eigenvalue weighted by Crippen LogP contribution is -2.25. The third-order valence-corrected chi connectivity index (χ3v) is 6.68. The minimum absolute atomic E-state index is 0.0207. The van der Waals surface area contributed by atoms with E-state index >= 15 is 0 Å². The van der Waals surface area contributed by atoms with Gasteiger partial charge < -0.3 is 0 Å². The van der Waals surface area contributed by atoms with E-state index in [0.29, 0.717) is 12.4 Å². The average Bonchev–Trinajstić information content (AvgIpc) is 3.52. The number of aryl methyl sites for hydroxylation is 4. The first-order valence-corrected chi connectivity index (χ1v) is 12.6. The van der Waals surface area contributed by atoms with Gasteiger partial charge in [0.15, 0.2) is 0 Å². The summed E-state index contributed by atoms with van der Waals surface area (Å²) in [5.41, 5.74) is 8.95. The molecule has 0 spiro atoms. The third-order valence-electron chi connectivity index (χ3n) is 6.68. The van der Waals surface area contributed by atoms with Crippen molar-refractivity contribution in [2.24, 2.45) is 0 Å². The first kappa shape index (κ1) is 24.4. The monoisotopic (exact) mass is 493 g/mol. The number of aromatic amines is 1. The van der Waals surface area contributed by atoms with E-state index in [1.165, 1.54) is 5.56 Å². The molecule has 0 aliphatic rings. The van der Waals surface area contributed by atoms with E-state index < -0.39 is 0 Å². The van der Waals surface area contributed by atoms with Crippen molar-refractivity contribution in [2.45, 2.75) is 53.5 Å². The number of rotatable bonds is 8. The largest absolute Gasteiger partial charge is 0.333 e. The Bertz CT molecular complexity index is 1550. The summed E-state index contributed by atoms with van der Waals surface area (Å²) in [5, 5.41) is 14.4. The Morgan fingerprint density at radius 3 is 2.38 bits per heavy atom. The summed E-state index contributed by atoms with van der Waals surface area (Å²) in [6.45, 7) is 8.86. The molecular weight excluding hydrogens is 462 g/mol. The van der Waals surface area contributed by atoms with Gasteiger partial charge in [-0.2, -0.15) is 5.21 Å². The number of imidazole rings is 1. The summed E-state index contributed by atoms with van der Waals surface area (Å²) in [4.78, 5) is 18.4. The van der Waals surface area contributed by atoms with Gasteiger partial charge in [0, 0.05) is 29.2 Å². The molecule has 8 nitrogen and oxygen atoms in total. The normalized spacial score (nSPS) is 11.2. The number of H-pyrrole nitrogens is 1. The number of benzene rings is 2. The molecule has 3 heterocycles. The maximum absolute atomic E-state index is 13.7. The summed E-state index contributed by atoms with van der Waals surface area (Å²) in [7, 11) is 0. The summed E-state index contributed by atoms with van der Waals surface area (Å²) >= 11 is 0. The van der Waals surface area contributed by atoms with E-state index in [2.05, 4.69) is 60.5 Å². The van der Waals surface area contributed by atoms with Crippen LogP contribution in [0.15, 0.2) is 65.7 Å². The van der Waals surface area contributed by atoms with Crippen LogP contribution in [0, 0.1) is 20.8 Å². The number of unbranched alkanes of at least 4 members (excludes halogenated alkanes) is 1. The highest BCUT2D eigenvalue weighted by Crippen LogP contribution is 2.28. The first-order valence-electron chi connectivity index (χ1n) is 12.6. The number of tetrazole rings is 1. The Balaban J connectivity index is 1.50. The van der Waals surface area contributed by atoms with Crippen LogP contribution in [0.2, 0.25) is 0 Å². The van der Waals surface area contributed by atoms with E-state index in [4.69, 9.17) is 4.98 Å². The molecule has 0 saturated heterocycles. The van der Waals surface area contributed by atoms with Gasteiger partial charge in [-0.05, 0) is 61.6 Å². The summed E-state index contributed by atoms with van der Waals surface area (Å²) < 4.78 is 3.70. The maximum atomic E-state index is 13.7. The second-order valence-electron chi connectivity index (χ2n) is 9.54. The molecule has 8 heteroatoms. The van der Waals surface area contributed by atoms with Crippen LogP contribution in [0.4, 0.5) is 0 Å². The molecule has 5 aromatic rings. The Morgan fingerprint density at radius 2 is 1.73 bits per heavy atom. The molecule has 0 atom stereocenters. The fourth-order valence-corrected chi connectivity index (χ4v) is 5.00. The Hall–Kier alpha value is -4.33. The number of nitrogens with zero attached hydrogens (tertiary/aromatic N) is 6. The smallest absolute Gasteiger partial charge is 0.292 e. The lowest BCUT2D eigenvalue weighted by Gasteiger charge is -2.11. The van der Waals surface area contributed by atoms with E-state index in [1.54, 1.807) is 0 Å². The standard InChI is InChI=1S/C29H31N7O/c1-5-6-9-23-18-36(27-20(3)14-19(2)15-21(27)4)29(37)35(23)17-22-12-13-26(30-16-22)24-10-7-8-11-25(24)28-31-33-34-32-28/h7-8,10-16,18H,5-6,9,17H2,1-4H3,(H,31,32,33,34). The summed E-state index contributed by atoms with van der Waals surface area (Å²) in [5.74, 6) is 0.525. The summed E-state index contributed by atoms with van der Waals surface area (Å²) in [6, 6.07) is 16.1. The number of pyridine rings is 1. The van der Waals surface area contributed by atoms with Crippen LogP contribution in [0.5, 0.6) is 0 Å². The zero-order chi connectivity index (χ0) is 25.9. The second-order valence-corrected chi connectivity index (χ2v) is 9.54. The van der Waals surface area contributed by atoms with Crippen LogP contribution in [-0.4, -0.2) is 34.7 Å². The van der Waals surface area contributed by atoms with E-state index in [0.717, 1.165) is 64.2 Å². The van der Waals surface area contributed by atoms with Gasteiger partial charge in [0.25, 0.3) is 0 Å². The zero-order valence-electron chi connectivity index (χ0n) is 21.7. The third kappa shape index (κ3) is 4.87. The minimum atomic E-state index is -0.0207. The highest BCUT2D eigenvalue weighted by molar-refractivity contribution is 5.78. The Morgan fingerprint density at radius 1 is 0.973 bits per heavy atom. The molecule has 5 rings (SSSR count). The van der Waals surface area contributed by atoms with Gasteiger partial charge in [-0.1, -0.05) is 61.4 Å². The van der Waals surface area contributed by atoms with Gasteiger partial charge in [0.1, 0.15) is 0 Å². The van der Waals surface area contributed by atoms with Crippen LogP contribution in [0.25, 0.3) is 28.3 Å². The van der Waals surface area contributed by atoms with Gasteiger partial charge in [-0.3, -0.25) is 14.1 Å². The SMILES string of the molecule is CCCCc1cn(-c2c(C)cc(C)cc2C)c(=O)n1Cc1ccc(-c2ccccc2-c2nn[nH]n2)nc1. The molecule has 188 valence electrons. The molecule has 2 aromatic carbocycles. The van der Waals surface area contributed by atoms with Crippen LogP contribution >= 0.6 is 0 Å². The van der Waals surface area contributed by atoms with Gasteiger partial charge in [0.05, 0.1) is 17.9 Å². The number of hydrogen-bond donors (Lipinski definition) is 1. The van der Waals surface area contributed by atoms with E-state index in [1.807, 2.05) is 57.9 Å². The summed E-state index contributed by atoms with van der Waals surface area (Å²) in [6.07, 6.45) is 6.81. The molecular formula is C29H31N7O. The van der Waals surface area contributed by atoms with Crippen molar-refractivity contribution >= 4 is 0 Å². The lowest BCUT2D eigenvalue weighted by molar-refractivity contribution is 0.672. The van der Waals surface area contributed by atoms with Gasteiger partial charge in [-0.25, -0.2) is 4.79 Å². The van der Waals surface area contributed by atoms with Gasteiger partial charge >= 0.3 is 5.69 Å². The van der Waals surface area contributed by atoms with Crippen molar-refractivity contribution < 1.29 is 0 Å². The fourth-order valence-electron chi connectivity index (χ4n) is 5.00. The second kappa shape index (κ2) is 10.3. The van der Waals surface area contributed by atoms with Crippen LogP contribution in [-0.2, 0) is 13.0 Å². The molecule has 0 saturated carbocycles. The molecule has 0 fully saturated rings. The molecule has 37 heavy (non-hydrogen) atoms. The van der Waals surface area contributed by atoms with Crippen molar-refractivity contribution in [3.8, 4) is 28.3 Å². The molecule has 0 bridgehead atoms. The quantitative estimate of drug-likeness (QED) is 0.321. The van der Waals surface area contributed by atoms with Crippen molar-refractivity contribution in [3.63, 3.8) is 0 Å². The number of hydrogen-bond acceptors (Lipinski definition) is 5. The minimum Gasteiger partial charge on any atom is -0.292 e. The van der Waals surface area contributed by atoms with E-state index in [9.17, 15) is 4.79 Å². The fraction of sp³-hybridized carbons (Fsp3) is 0.276. The Kier molecular flexibility index (Phi) is 6.81. The predicted molar refractivity (Wildman–Crippen MR) is 145 cm³/mol. The Labute approximate surface area is 216 Å². The van der Waals surface area contributed by atoms with Crippen molar-refractivity contribution in [1.82, 2.24) is 34.7 Å². The zero-order valence-corrected chi connectivity index (χ0v) is 21.7. The van der Waals surface area contributed by atoms with Crippen LogP contribution in [0.3, 0.4) is 0 Å². The lowest BCUT2D eigenvalue weighted by atomic mass is 10.0. The predicted octanol–water partition coefficient (Wildman–Crippen LogP) is 5.20. The topological polar surface area (TPSA) is 94.3 Å². The highest BCUT2D eigenvalue weighted by atomic mass is 16.1. The molecule has 3 aromatic heterocycles. The van der Waals surface area contributed by atoms with Crippen LogP contribution in [0.1, 0.15) is 47.7 Å².